The molecule has 22 heavy (non-hydrogen) atoms. The van der Waals surface area contributed by atoms with Gasteiger partial charge in [-0.25, -0.2) is 0 Å². The minimum Gasteiger partial charge on any atom is -0.396 e. The fourth-order valence-corrected chi connectivity index (χ4v) is 3.54. The summed E-state index contributed by atoms with van der Waals surface area (Å²) in [6, 6.07) is 20.6. The van der Waals surface area contributed by atoms with Gasteiger partial charge in [-0.2, -0.15) is 0 Å². The molecule has 0 aliphatic rings. The second-order valence-electron chi connectivity index (χ2n) is 6.34. The minimum absolute atomic E-state index is 0.124. The average Bonchev–Trinajstić information content (AvgIpc) is 2.56. The van der Waals surface area contributed by atoms with E-state index in [1.54, 1.807) is 0 Å². The quantitative estimate of drug-likeness (QED) is 0.819. The van der Waals surface area contributed by atoms with Gasteiger partial charge in [0.2, 0.25) is 0 Å². The van der Waals surface area contributed by atoms with Gasteiger partial charge in [-0.15, -0.1) is 0 Å². The molecule has 2 aromatic rings. The lowest BCUT2D eigenvalue weighted by Gasteiger charge is -2.47. The average molecular weight is 298 g/mol. The first-order chi connectivity index (χ1) is 10.6. The highest BCUT2D eigenvalue weighted by Gasteiger charge is 2.45. The molecule has 2 aromatic carbocycles. The summed E-state index contributed by atoms with van der Waals surface area (Å²) in [4.78, 5) is 0. The number of aliphatic hydroxyl groups is 2. The van der Waals surface area contributed by atoms with Gasteiger partial charge >= 0.3 is 0 Å². The molecule has 0 heterocycles. The Hall–Kier alpha value is -1.64. The summed E-state index contributed by atoms with van der Waals surface area (Å²) in [5.41, 5.74) is 1.88. The van der Waals surface area contributed by atoms with Crippen LogP contribution in [0.4, 0.5) is 0 Å². The topological polar surface area (TPSA) is 40.5 Å². The van der Waals surface area contributed by atoms with Crippen molar-refractivity contribution in [2.45, 2.75) is 37.5 Å². The highest BCUT2D eigenvalue weighted by molar-refractivity contribution is 5.37. The molecule has 2 rings (SSSR count). The van der Waals surface area contributed by atoms with Crippen LogP contribution in [0.1, 0.15) is 37.8 Å². The lowest BCUT2D eigenvalue weighted by atomic mass is 9.56. The van der Waals surface area contributed by atoms with E-state index in [9.17, 15) is 10.2 Å². The molecule has 2 atom stereocenters. The zero-order valence-electron chi connectivity index (χ0n) is 13.5. The molecule has 0 bridgehead atoms. The lowest BCUT2D eigenvalue weighted by Crippen LogP contribution is -2.46. The monoisotopic (exact) mass is 298 g/mol. The Kier molecular flexibility index (Phi) is 5.38. The molecule has 0 radical (unpaired) electrons. The summed E-state index contributed by atoms with van der Waals surface area (Å²) in [6.45, 7) is 4.64. The Labute approximate surface area is 133 Å². The highest BCUT2D eigenvalue weighted by Crippen LogP contribution is 2.48. The molecular weight excluding hydrogens is 272 g/mol. The van der Waals surface area contributed by atoms with E-state index >= 15 is 0 Å². The molecule has 2 nitrogen and oxygen atoms in total. The first-order valence-electron chi connectivity index (χ1n) is 7.91. The van der Waals surface area contributed by atoms with Gasteiger partial charge in [0, 0.05) is 24.0 Å². The fraction of sp³-hybridized carbons (Fsp3) is 0.400. The molecule has 0 aromatic heterocycles. The van der Waals surface area contributed by atoms with E-state index in [-0.39, 0.29) is 24.0 Å². The molecule has 118 valence electrons. The molecule has 2 heteroatoms. The van der Waals surface area contributed by atoms with E-state index < -0.39 is 0 Å². The summed E-state index contributed by atoms with van der Waals surface area (Å²) in [5, 5.41) is 19.4. The third kappa shape index (κ3) is 2.94. The van der Waals surface area contributed by atoms with E-state index in [4.69, 9.17) is 0 Å². The SMILES string of the molecule is CC(CCO)(c1ccccc1)C(C)(CCO)c1ccccc1. The Morgan fingerprint density at radius 2 is 0.955 bits per heavy atom. The molecule has 0 saturated heterocycles. The summed E-state index contributed by atoms with van der Waals surface area (Å²) in [7, 11) is 0. The molecule has 0 aliphatic heterocycles. The van der Waals surface area contributed by atoms with E-state index in [1.165, 1.54) is 11.1 Å². The van der Waals surface area contributed by atoms with E-state index in [2.05, 4.69) is 38.1 Å². The van der Waals surface area contributed by atoms with Crippen LogP contribution in [-0.2, 0) is 10.8 Å². The first kappa shape index (κ1) is 16.7. The number of benzene rings is 2. The molecule has 2 unspecified atom stereocenters. The molecule has 0 fully saturated rings. The van der Waals surface area contributed by atoms with Crippen LogP contribution in [0.3, 0.4) is 0 Å². The van der Waals surface area contributed by atoms with E-state index in [0.717, 1.165) is 0 Å². The largest absolute Gasteiger partial charge is 0.396 e. The number of hydrogen-bond acceptors (Lipinski definition) is 2. The highest BCUT2D eigenvalue weighted by atomic mass is 16.3. The Morgan fingerprint density at radius 3 is 1.23 bits per heavy atom. The molecule has 0 aliphatic carbocycles. The van der Waals surface area contributed by atoms with Gasteiger partial charge in [-0.3, -0.25) is 0 Å². The third-order valence-electron chi connectivity index (χ3n) is 5.26. The predicted molar refractivity (Wildman–Crippen MR) is 91.0 cm³/mol. The van der Waals surface area contributed by atoms with E-state index in [1.807, 2.05) is 36.4 Å². The molecule has 0 spiro atoms. The van der Waals surface area contributed by atoms with Gasteiger partial charge in [-0.05, 0) is 24.0 Å². The minimum atomic E-state index is -0.257. The standard InChI is InChI=1S/C20H26O2/c1-19(13-15-21,17-9-5-3-6-10-17)20(2,14-16-22)18-11-7-4-8-12-18/h3-12,21-22H,13-16H2,1-2H3. The smallest absolute Gasteiger partial charge is 0.0439 e. The summed E-state index contributed by atoms with van der Waals surface area (Å²) < 4.78 is 0. The number of hydrogen-bond donors (Lipinski definition) is 2. The molecule has 0 saturated carbocycles. The van der Waals surface area contributed by atoms with Crippen molar-refractivity contribution < 1.29 is 10.2 Å². The van der Waals surface area contributed by atoms with Gasteiger partial charge in [0.15, 0.2) is 0 Å². The van der Waals surface area contributed by atoms with Crippen LogP contribution in [0, 0.1) is 0 Å². The Balaban J connectivity index is 2.60. The number of rotatable bonds is 7. The van der Waals surface area contributed by atoms with E-state index in [0.29, 0.717) is 12.8 Å². The first-order valence-corrected chi connectivity index (χ1v) is 7.91. The fourth-order valence-electron chi connectivity index (χ4n) is 3.54. The maximum absolute atomic E-state index is 9.68. The van der Waals surface area contributed by atoms with Crippen molar-refractivity contribution in [3.8, 4) is 0 Å². The van der Waals surface area contributed by atoms with Crippen LogP contribution in [0.15, 0.2) is 60.7 Å². The Morgan fingerprint density at radius 1 is 0.636 bits per heavy atom. The summed E-state index contributed by atoms with van der Waals surface area (Å²) in [6.07, 6.45) is 1.31. The zero-order valence-corrected chi connectivity index (χ0v) is 13.5. The van der Waals surface area contributed by atoms with Crippen LogP contribution in [0.25, 0.3) is 0 Å². The van der Waals surface area contributed by atoms with Crippen LogP contribution in [0.2, 0.25) is 0 Å². The van der Waals surface area contributed by atoms with Crippen molar-refractivity contribution in [2.24, 2.45) is 0 Å². The van der Waals surface area contributed by atoms with Crippen LogP contribution in [-0.4, -0.2) is 23.4 Å². The summed E-state index contributed by atoms with van der Waals surface area (Å²) >= 11 is 0. The predicted octanol–water partition coefficient (Wildman–Crippen LogP) is 3.67. The van der Waals surface area contributed by atoms with Gasteiger partial charge in [0.25, 0.3) is 0 Å². The van der Waals surface area contributed by atoms with Gasteiger partial charge in [-0.1, -0.05) is 74.5 Å². The maximum Gasteiger partial charge on any atom is 0.0439 e. The third-order valence-corrected chi connectivity index (χ3v) is 5.26. The lowest BCUT2D eigenvalue weighted by molar-refractivity contribution is 0.141. The van der Waals surface area contributed by atoms with Gasteiger partial charge in [0.05, 0.1) is 0 Å². The summed E-state index contributed by atoms with van der Waals surface area (Å²) in [5.74, 6) is 0. The van der Waals surface area contributed by atoms with Crippen LogP contribution >= 0.6 is 0 Å². The second kappa shape index (κ2) is 7.08. The zero-order chi connectivity index (χ0) is 16.1. The molecule has 0 amide bonds. The second-order valence-corrected chi connectivity index (χ2v) is 6.34. The molecular formula is C20H26O2. The van der Waals surface area contributed by atoms with Crippen LogP contribution in [0.5, 0.6) is 0 Å². The van der Waals surface area contributed by atoms with Gasteiger partial charge in [0.1, 0.15) is 0 Å². The number of aliphatic hydroxyl groups excluding tert-OH is 2. The van der Waals surface area contributed by atoms with Gasteiger partial charge < -0.3 is 10.2 Å². The van der Waals surface area contributed by atoms with Crippen molar-refractivity contribution >= 4 is 0 Å². The van der Waals surface area contributed by atoms with Crippen LogP contribution < -0.4 is 0 Å². The van der Waals surface area contributed by atoms with Crippen molar-refractivity contribution in [1.29, 1.82) is 0 Å². The normalized spacial score (nSPS) is 16.7. The van der Waals surface area contributed by atoms with Crippen molar-refractivity contribution in [2.75, 3.05) is 13.2 Å². The van der Waals surface area contributed by atoms with Crippen molar-refractivity contribution in [1.82, 2.24) is 0 Å². The maximum atomic E-state index is 9.68. The Bertz CT molecular complexity index is 513. The van der Waals surface area contributed by atoms with Crippen molar-refractivity contribution in [3.05, 3.63) is 71.8 Å². The molecule has 2 N–H and O–H groups in total. The van der Waals surface area contributed by atoms with Crippen molar-refractivity contribution in [3.63, 3.8) is 0 Å².